The van der Waals surface area contributed by atoms with Gasteiger partial charge in [0, 0.05) is 29.2 Å². The number of nitrogens with one attached hydrogen (secondary N) is 1. The number of aromatic nitrogens is 1. The maximum Gasteiger partial charge on any atom is 0.276 e. The Balaban J connectivity index is 1.87. The third kappa shape index (κ3) is 4.38. The van der Waals surface area contributed by atoms with Crippen LogP contribution in [0, 0.1) is 11.8 Å². The van der Waals surface area contributed by atoms with Gasteiger partial charge in [0.15, 0.2) is 11.5 Å². The van der Waals surface area contributed by atoms with Crippen LogP contribution in [0.5, 0.6) is 0 Å². The number of amides is 2. The third-order valence-corrected chi connectivity index (χ3v) is 5.27. The van der Waals surface area contributed by atoms with E-state index in [1.165, 1.54) is 0 Å². The molecule has 0 aliphatic carbocycles. The van der Waals surface area contributed by atoms with Gasteiger partial charge in [-0.2, -0.15) is 0 Å². The molecule has 2 atom stereocenters. The number of hydrogen-bond acceptors (Lipinski definition) is 4. The largest absolute Gasteiger partial charge is 0.355 e. The lowest BCUT2D eigenvalue weighted by atomic mass is 9.94. The zero-order chi connectivity index (χ0) is 20.4. The van der Waals surface area contributed by atoms with Gasteiger partial charge in [0.25, 0.3) is 5.91 Å². The van der Waals surface area contributed by atoms with Gasteiger partial charge in [0.05, 0.1) is 0 Å². The minimum Gasteiger partial charge on any atom is -0.355 e. The quantitative estimate of drug-likeness (QED) is 0.818. The van der Waals surface area contributed by atoms with Crippen molar-refractivity contribution in [2.24, 2.45) is 11.8 Å². The zero-order valence-corrected chi connectivity index (χ0v) is 17.4. The van der Waals surface area contributed by atoms with Gasteiger partial charge in [0.1, 0.15) is 6.04 Å². The molecule has 6 nitrogen and oxygen atoms in total. The summed E-state index contributed by atoms with van der Waals surface area (Å²) in [5, 5.41) is 7.64. The molecule has 2 amide bonds. The van der Waals surface area contributed by atoms with Gasteiger partial charge in [0.2, 0.25) is 5.91 Å². The van der Waals surface area contributed by atoms with E-state index in [0.29, 0.717) is 23.7 Å². The van der Waals surface area contributed by atoms with Crippen LogP contribution in [0.1, 0.15) is 44.6 Å². The molecule has 2 heterocycles. The molecule has 0 saturated carbocycles. The summed E-state index contributed by atoms with van der Waals surface area (Å²) in [4.78, 5) is 27.5. The Morgan fingerprint density at radius 3 is 2.57 bits per heavy atom. The minimum atomic E-state index is -0.502. The summed E-state index contributed by atoms with van der Waals surface area (Å²) in [5.74, 6) is 0.607. The van der Waals surface area contributed by atoms with Crippen LogP contribution in [0.15, 0.2) is 34.9 Å². The van der Waals surface area contributed by atoms with Crippen molar-refractivity contribution in [1.82, 2.24) is 15.4 Å². The van der Waals surface area contributed by atoms with Crippen LogP contribution in [0.3, 0.4) is 0 Å². The molecule has 1 aromatic heterocycles. The first-order valence-electron chi connectivity index (χ1n) is 9.60. The van der Waals surface area contributed by atoms with E-state index >= 15 is 0 Å². The fraction of sp³-hybridized carbons (Fsp3) is 0.476. The Labute approximate surface area is 170 Å². The molecule has 0 spiro atoms. The van der Waals surface area contributed by atoms with Crippen molar-refractivity contribution >= 4 is 23.4 Å². The molecule has 1 aliphatic heterocycles. The smallest absolute Gasteiger partial charge is 0.276 e. The maximum absolute atomic E-state index is 13.2. The topological polar surface area (TPSA) is 75.4 Å². The normalized spacial score (nSPS) is 20.0. The highest BCUT2D eigenvalue weighted by Gasteiger charge is 2.39. The highest BCUT2D eigenvalue weighted by atomic mass is 35.5. The van der Waals surface area contributed by atoms with Crippen LogP contribution >= 0.6 is 11.6 Å². The van der Waals surface area contributed by atoms with Crippen LogP contribution in [-0.2, 0) is 4.79 Å². The number of rotatable bonds is 5. The number of benzene rings is 1. The summed E-state index contributed by atoms with van der Waals surface area (Å²) in [7, 11) is 0. The summed E-state index contributed by atoms with van der Waals surface area (Å²) in [5.41, 5.74) is 0.988. The van der Waals surface area contributed by atoms with Gasteiger partial charge in [-0.25, -0.2) is 0 Å². The average molecular weight is 404 g/mol. The lowest BCUT2D eigenvalue weighted by Gasteiger charge is -2.41. The molecule has 1 N–H and O–H groups in total. The standard InChI is InChI=1S/C21H26ClN3O3/c1-12(2)9-18-20(26)23-17(13(3)4)11-25(18)21(27)16-10-19(28-24-16)14-5-7-15(22)8-6-14/h5-8,10,12-13,17-18H,9,11H2,1-4H3,(H,23,26). The van der Waals surface area contributed by atoms with E-state index in [1.807, 2.05) is 39.8 Å². The Morgan fingerprint density at radius 1 is 1.29 bits per heavy atom. The fourth-order valence-electron chi connectivity index (χ4n) is 3.36. The second kappa shape index (κ2) is 8.35. The van der Waals surface area contributed by atoms with E-state index in [4.69, 9.17) is 16.1 Å². The Morgan fingerprint density at radius 2 is 1.96 bits per heavy atom. The first kappa shape index (κ1) is 20.4. The number of nitrogens with zero attached hydrogens (tertiary/aromatic N) is 2. The summed E-state index contributed by atoms with van der Waals surface area (Å²) < 4.78 is 5.38. The summed E-state index contributed by atoms with van der Waals surface area (Å²) >= 11 is 5.92. The number of carbonyl (C=O) groups excluding carboxylic acids is 2. The molecule has 150 valence electrons. The van der Waals surface area contributed by atoms with Crippen molar-refractivity contribution in [3.63, 3.8) is 0 Å². The van der Waals surface area contributed by atoms with Crippen LogP contribution in [0.25, 0.3) is 11.3 Å². The predicted molar refractivity (Wildman–Crippen MR) is 108 cm³/mol. The number of carbonyl (C=O) groups is 2. The van der Waals surface area contributed by atoms with Crippen LogP contribution in [0.2, 0.25) is 5.02 Å². The first-order chi connectivity index (χ1) is 13.3. The van der Waals surface area contributed by atoms with Gasteiger partial charge < -0.3 is 14.7 Å². The third-order valence-electron chi connectivity index (χ3n) is 5.02. The highest BCUT2D eigenvalue weighted by molar-refractivity contribution is 6.30. The Kier molecular flexibility index (Phi) is 6.08. The molecule has 1 aromatic carbocycles. The molecule has 0 bridgehead atoms. The van der Waals surface area contributed by atoms with Crippen LogP contribution in [0.4, 0.5) is 0 Å². The van der Waals surface area contributed by atoms with Gasteiger partial charge in [-0.05, 0) is 42.5 Å². The maximum atomic E-state index is 13.2. The molecule has 2 aromatic rings. The van der Waals surface area contributed by atoms with Gasteiger partial charge in [-0.1, -0.05) is 44.5 Å². The van der Waals surface area contributed by atoms with E-state index in [1.54, 1.807) is 23.1 Å². The number of hydrogen-bond donors (Lipinski definition) is 1. The van der Waals surface area contributed by atoms with Gasteiger partial charge >= 0.3 is 0 Å². The minimum absolute atomic E-state index is 0.0810. The molecule has 28 heavy (non-hydrogen) atoms. The van der Waals surface area contributed by atoms with Crippen LogP contribution < -0.4 is 5.32 Å². The second-order valence-electron chi connectivity index (χ2n) is 8.05. The predicted octanol–water partition coefficient (Wildman–Crippen LogP) is 4.01. The first-order valence-corrected chi connectivity index (χ1v) is 9.98. The van der Waals surface area contributed by atoms with Crippen LogP contribution in [-0.4, -0.2) is 40.5 Å². The van der Waals surface area contributed by atoms with Crippen molar-refractivity contribution in [2.45, 2.75) is 46.2 Å². The summed E-state index contributed by atoms with van der Waals surface area (Å²) in [6, 6.07) is 8.16. The van der Waals surface area contributed by atoms with E-state index in [-0.39, 0.29) is 35.4 Å². The van der Waals surface area contributed by atoms with E-state index in [2.05, 4.69) is 10.5 Å². The monoisotopic (exact) mass is 403 g/mol. The Bertz CT molecular complexity index is 845. The molecule has 1 aliphatic rings. The van der Waals surface area contributed by atoms with E-state index < -0.39 is 6.04 Å². The van der Waals surface area contributed by atoms with Crippen molar-refractivity contribution in [1.29, 1.82) is 0 Å². The van der Waals surface area contributed by atoms with Crippen molar-refractivity contribution in [3.05, 3.63) is 41.0 Å². The van der Waals surface area contributed by atoms with Crippen molar-refractivity contribution < 1.29 is 14.1 Å². The molecule has 2 unspecified atom stereocenters. The molecule has 7 heteroatoms. The average Bonchev–Trinajstić information content (AvgIpc) is 3.13. The molecular formula is C21H26ClN3O3. The fourth-order valence-corrected chi connectivity index (χ4v) is 3.49. The molecule has 1 saturated heterocycles. The van der Waals surface area contributed by atoms with Gasteiger partial charge in [-0.15, -0.1) is 0 Å². The summed E-state index contributed by atoms with van der Waals surface area (Å²) in [6.45, 7) is 8.61. The number of halogens is 1. The Hall–Kier alpha value is -2.34. The van der Waals surface area contributed by atoms with E-state index in [0.717, 1.165) is 5.56 Å². The molecule has 1 fully saturated rings. The van der Waals surface area contributed by atoms with Gasteiger partial charge in [-0.3, -0.25) is 9.59 Å². The number of piperazine rings is 1. The van der Waals surface area contributed by atoms with Crippen molar-refractivity contribution in [3.8, 4) is 11.3 Å². The summed E-state index contributed by atoms with van der Waals surface area (Å²) in [6.07, 6.45) is 0.601. The lowest BCUT2D eigenvalue weighted by molar-refractivity contribution is -0.130. The second-order valence-corrected chi connectivity index (χ2v) is 8.48. The molecular weight excluding hydrogens is 378 g/mol. The lowest BCUT2D eigenvalue weighted by Crippen LogP contribution is -2.63. The SMILES string of the molecule is CC(C)CC1C(=O)NC(C(C)C)CN1C(=O)c1cc(-c2ccc(Cl)cc2)on1. The zero-order valence-electron chi connectivity index (χ0n) is 16.6. The van der Waals surface area contributed by atoms with Crippen molar-refractivity contribution in [2.75, 3.05) is 6.54 Å². The molecule has 0 radical (unpaired) electrons. The highest BCUT2D eigenvalue weighted by Crippen LogP contribution is 2.25. The molecule has 3 rings (SSSR count). The van der Waals surface area contributed by atoms with E-state index in [9.17, 15) is 9.59 Å².